The van der Waals surface area contributed by atoms with Gasteiger partial charge in [-0.1, -0.05) is 36.4 Å². The third-order valence-corrected chi connectivity index (χ3v) is 6.45. The topological polar surface area (TPSA) is 69.7 Å². The smallest absolute Gasteiger partial charge is 0.352 e. The van der Waals surface area contributed by atoms with Crippen LogP contribution in [0.15, 0.2) is 54.6 Å². The molecule has 4 rings (SSSR count). The molecule has 1 atom stereocenters. The van der Waals surface area contributed by atoms with Crippen LogP contribution in [0.1, 0.15) is 30.4 Å². The molecule has 3 amide bonds. The Morgan fingerprint density at radius 3 is 2.35 bits per heavy atom. The van der Waals surface area contributed by atoms with Crippen LogP contribution in [0, 0.1) is 11.8 Å². The molecule has 0 radical (unpaired) electrons. The zero-order valence-electron chi connectivity index (χ0n) is 18.6. The molecule has 2 aliphatic heterocycles. The zero-order chi connectivity index (χ0) is 24.3. The lowest BCUT2D eigenvalue weighted by Gasteiger charge is -2.33. The summed E-state index contributed by atoms with van der Waals surface area (Å²) in [5.41, 5.74) is 0.323. The van der Waals surface area contributed by atoms with Crippen molar-refractivity contribution in [3.05, 3.63) is 65.7 Å². The Bertz CT molecular complexity index is 1050. The van der Waals surface area contributed by atoms with Gasteiger partial charge in [-0.05, 0) is 36.6 Å². The lowest BCUT2D eigenvalue weighted by Crippen LogP contribution is -2.45. The average molecular weight is 473 g/mol. The summed E-state index contributed by atoms with van der Waals surface area (Å²) in [6.45, 7) is 1.33. The molecule has 2 fully saturated rings. The summed E-state index contributed by atoms with van der Waals surface area (Å²) in [6.07, 6.45) is -3.48. The molecule has 1 N–H and O–H groups in total. The van der Waals surface area contributed by atoms with Crippen LogP contribution in [0.25, 0.3) is 0 Å². The van der Waals surface area contributed by atoms with Gasteiger partial charge in [-0.15, -0.1) is 0 Å². The molecule has 1 unspecified atom stereocenters. The summed E-state index contributed by atoms with van der Waals surface area (Å²) in [5.74, 6) is -1.38. The van der Waals surface area contributed by atoms with Gasteiger partial charge in [-0.2, -0.15) is 13.2 Å². The Kier molecular flexibility index (Phi) is 6.90. The molecule has 0 aromatic heterocycles. The molecule has 2 saturated heterocycles. The summed E-state index contributed by atoms with van der Waals surface area (Å²) in [4.78, 5) is 40.9. The molecule has 0 bridgehead atoms. The highest BCUT2D eigenvalue weighted by Crippen LogP contribution is 2.34. The van der Waals surface area contributed by atoms with Crippen molar-refractivity contribution in [3.63, 3.8) is 0 Å². The van der Waals surface area contributed by atoms with Crippen molar-refractivity contribution in [1.29, 1.82) is 0 Å². The average Bonchev–Trinajstić information content (AvgIpc) is 3.24. The van der Waals surface area contributed by atoms with Crippen LogP contribution in [0.2, 0.25) is 0 Å². The van der Waals surface area contributed by atoms with Crippen molar-refractivity contribution >= 4 is 23.4 Å². The van der Waals surface area contributed by atoms with Crippen LogP contribution in [0.4, 0.5) is 18.9 Å². The fourth-order valence-corrected chi connectivity index (χ4v) is 4.52. The Morgan fingerprint density at radius 1 is 0.971 bits per heavy atom. The molecular weight excluding hydrogens is 447 g/mol. The van der Waals surface area contributed by atoms with Crippen molar-refractivity contribution in [2.45, 2.75) is 32.0 Å². The Balaban J connectivity index is 1.30. The number of alkyl halides is 3. The number of piperidine rings is 1. The van der Waals surface area contributed by atoms with Gasteiger partial charge in [0.25, 0.3) is 0 Å². The normalized spacial score (nSPS) is 19.4. The number of rotatable bonds is 5. The minimum absolute atomic E-state index is 0.0351. The minimum Gasteiger partial charge on any atom is -0.352 e. The van der Waals surface area contributed by atoms with E-state index in [1.807, 2.05) is 30.3 Å². The number of benzene rings is 2. The van der Waals surface area contributed by atoms with Crippen molar-refractivity contribution in [3.8, 4) is 0 Å². The first-order valence-electron chi connectivity index (χ1n) is 11.3. The second-order valence-electron chi connectivity index (χ2n) is 8.76. The van der Waals surface area contributed by atoms with E-state index in [1.54, 1.807) is 4.90 Å². The first kappa shape index (κ1) is 23.8. The molecule has 2 heterocycles. The van der Waals surface area contributed by atoms with Gasteiger partial charge in [0, 0.05) is 44.2 Å². The Labute approximate surface area is 195 Å². The number of nitrogens with one attached hydrogen (secondary N) is 1. The van der Waals surface area contributed by atoms with Crippen molar-refractivity contribution in [2.24, 2.45) is 11.8 Å². The van der Waals surface area contributed by atoms with Crippen molar-refractivity contribution < 1.29 is 27.6 Å². The van der Waals surface area contributed by atoms with E-state index in [-0.39, 0.29) is 42.3 Å². The third kappa shape index (κ3) is 5.40. The molecule has 0 saturated carbocycles. The molecule has 0 aliphatic carbocycles. The fraction of sp³-hybridized carbons (Fsp3) is 0.400. The largest absolute Gasteiger partial charge is 0.416 e. The van der Waals surface area contributed by atoms with Gasteiger partial charge in [0.05, 0.1) is 11.5 Å². The molecule has 180 valence electrons. The highest BCUT2D eigenvalue weighted by molar-refractivity contribution is 6.00. The van der Waals surface area contributed by atoms with Crippen molar-refractivity contribution in [2.75, 3.05) is 24.5 Å². The number of nitrogens with zero attached hydrogens (tertiary/aromatic N) is 2. The van der Waals surface area contributed by atoms with Crippen LogP contribution in [0.3, 0.4) is 0 Å². The maximum Gasteiger partial charge on any atom is 0.416 e. The Hall–Kier alpha value is -3.36. The summed E-state index contributed by atoms with van der Waals surface area (Å²) >= 11 is 0. The van der Waals surface area contributed by atoms with E-state index in [2.05, 4.69) is 5.32 Å². The summed E-state index contributed by atoms with van der Waals surface area (Å²) < 4.78 is 39.1. The molecule has 2 aromatic carbocycles. The number of halogens is 3. The number of carbonyl (C=O) groups is 3. The number of anilines is 1. The van der Waals surface area contributed by atoms with Gasteiger partial charge < -0.3 is 15.1 Å². The van der Waals surface area contributed by atoms with E-state index >= 15 is 0 Å². The van der Waals surface area contributed by atoms with Gasteiger partial charge in [-0.3, -0.25) is 14.4 Å². The van der Waals surface area contributed by atoms with Gasteiger partial charge >= 0.3 is 6.18 Å². The number of hydrogen-bond donors (Lipinski definition) is 1. The van der Waals surface area contributed by atoms with Gasteiger partial charge in [0.1, 0.15) is 0 Å². The zero-order valence-corrected chi connectivity index (χ0v) is 18.6. The van der Waals surface area contributed by atoms with E-state index < -0.39 is 17.7 Å². The Morgan fingerprint density at radius 2 is 1.68 bits per heavy atom. The van der Waals surface area contributed by atoms with Crippen LogP contribution >= 0.6 is 0 Å². The quantitative estimate of drug-likeness (QED) is 0.722. The maximum absolute atomic E-state index is 13.0. The standard InChI is InChI=1S/C25H26F3N3O3/c26-25(27,28)20-7-4-8-21(14-20)31-16-19(13-22(31)32)24(34)30-11-9-18(10-12-30)23(33)29-15-17-5-2-1-3-6-17/h1-8,14,18-19H,9-13,15-16H2,(H,29,33). The summed E-state index contributed by atoms with van der Waals surface area (Å²) in [6, 6.07) is 14.2. The molecule has 2 aliphatic rings. The maximum atomic E-state index is 13.0. The highest BCUT2D eigenvalue weighted by Gasteiger charge is 2.39. The number of carbonyl (C=O) groups excluding carboxylic acids is 3. The number of likely N-dealkylation sites (tertiary alicyclic amines) is 1. The van der Waals surface area contributed by atoms with Gasteiger partial charge in [-0.25, -0.2) is 0 Å². The SMILES string of the molecule is O=C(NCc1ccccc1)C1CCN(C(=O)C2CC(=O)N(c3cccc(C(F)(F)F)c3)C2)CC1. The fourth-order valence-electron chi connectivity index (χ4n) is 4.52. The molecule has 0 spiro atoms. The van der Waals surface area contributed by atoms with Crippen LogP contribution in [0.5, 0.6) is 0 Å². The molecule has 34 heavy (non-hydrogen) atoms. The van der Waals surface area contributed by atoms with E-state index in [1.165, 1.54) is 17.0 Å². The molecule has 9 heteroatoms. The van der Waals surface area contributed by atoms with E-state index in [9.17, 15) is 27.6 Å². The summed E-state index contributed by atoms with van der Waals surface area (Å²) in [7, 11) is 0. The first-order chi connectivity index (χ1) is 16.2. The van der Waals surface area contributed by atoms with E-state index in [4.69, 9.17) is 0 Å². The van der Waals surface area contributed by atoms with E-state index in [0.717, 1.165) is 17.7 Å². The third-order valence-electron chi connectivity index (χ3n) is 6.45. The lowest BCUT2D eigenvalue weighted by atomic mass is 9.94. The first-order valence-corrected chi connectivity index (χ1v) is 11.3. The second kappa shape index (κ2) is 9.87. The molecular formula is C25H26F3N3O3. The number of amides is 3. The van der Waals surface area contributed by atoms with Crippen LogP contribution < -0.4 is 10.2 Å². The molecule has 6 nitrogen and oxygen atoms in total. The van der Waals surface area contributed by atoms with Gasteiger partial charge in [0.2, 0.25) is 17.7 Å². The summed E-state index contributed by atoms with van der Waals surface area (Å²) in [5, 5.41) is 2.94. The number of hydrogen-bond acceptors (Lipinski definition) is 3. The highest BCUT2D eigenvalue weighted by atomic mass is 19.4. The van der Waals surface area contributed by atoms with E-state index in [0.29, 0.717) is 32.5 Å². The van der Waals surface area contributed by atoms with Gasteiger partial charge in [0.15, 0.2) is 0 Å². The molecule has 2 aromatic rings. The van der Waals surface area contributed by atoms with Crippen molar-refractivity contribution in [1.82, 2.24) is 10.2 Å². The predicted molar refractivity (Wildman–Crippen MR) is 119 cm³/mol. The van der Waals surface area contributed by atoms with Crippen LogP contribution in [-0.2, 0) is 27.1 Å². The van der Waals surface area contributed by atoms with Crippen LogP contribution in [-0.4, -0.2) is 42.3 Å². The monoisotopic (exact) mass is 473 g/mol. The minimum atomic E-state index is -4.51. The second-order valence-corrected chi connectivity index (χ2v) is 8.76. The lowest BCUT2D eigenvalue weighted by molar-refractivity contribution is -0.139. The predicted octanol–water partition coefficient (Wildman–Crippen LogP) is 3.61.